The highest BCUT2D eigenvalue weighted by Gasteiger charge is 2.46. The van der Waals surface area contributed by atoms with Gasteiger partial charge in [-0.1, -0.05) is 115 Å². The van der Waals surface area contributed by atoms with Crippen molar-refractivity contribution in [3.63, 3.8) is 0 Å². The summed E-state index contributed by atoms with van der Waals surface area (Å²) in [4.78, 5) is 0. The fourth-order valence-electron chi connectivity index (χ4n) is 11.3. The van der Waals surface area contributed by atoms with Gasteiger partial charge in [0.05, 0.1) is 6.17 Å². The number of quaternary nitrogens is 1. The third-order valence-corrected chi connectivity index (χ3v) is 13.9. The molecule has 2 heterocycles. The van der Waals surface area contributed by atoms with Crippen LogP contribution >= 0.6 is 0 Å². The Morgan fingerprint density at radius 1 is 0.717 bits per heavy atom. The molecule has 5 aromatic rings. The molecule has 6 aliphatic rings. The minimum absolute atomic E-state index is 0.265. The minimum atomic E-state index is 0.265. The van der Waals surface area contributed by atoms with E-state index in [2.05, 4.69) is 137 Å². The highest BCUT2D eigenvalue weighted by molar-refractivity contribution is 6.26. The maximum absolute atomic E-state index is 6.34. The van der Waals surface area contributed by atoms with E-state index >= 15 is 0 Å². The van der Waals surface area contributed by atoms with Gasteiger partial charge >= 0.3 is 0 Å². The zero-order valence-corrected chi connectivity index (χ0v) is 30.5. The van der Waals surface area contributed by atoms with Gasteiger partial charge in [-0.2, -0.15) is 0 Å². The molecule has 5 aliphatic carbocycles. The smallest absolute Gasteiger partial charge is 0.164 e. The molecule has 2 fully saturated rings. The van der Waals surface area contributed by atoms with Crippen LogP contribution in [-0.2, 0) is 0 Å². The molecule has 1 saturated carbocycles. The average Bonchev–Trinajstić information content (AvgIpc) is 3.62. The number of benzene rings is 4. The van der Waals surface area contributed by atoms with Crippen LogP contribution < -0.4 is 16.0 Å². The molecule has 0 radical (unpaired) electrons. The maximum Gasteiger partial charge on any atom is 0.164 e. The number of nitrogens with two attached hydrogens (primary N) is 1. The van der Waals surface area contributed by atoms with E-state index in [0.29, 0.717) is 41.9 Å². The number of para-hydroxylation sites is 1. The minimum Gasteiger partial charge on any atom is -0.456 e. The Morgan fingerprint density at radius 3 is 2.60 bits per heavy atom. The second kappa shape index (κ2) is 13.1. The van der Waals surface area contributed by atoms with E-state index in [4.69, 9.17) is 4.42 Å². The van der Waals surface area contributed by atoms with Gasteiger partial charge in [0.1, 0.15) is 17.3 Å². The van der Waals surface area contributed by atoms with Gasteiger partial charge in [0.2, 0.25) is 0 Å². The Balaban J connectivity index is 0.946. The first-order valence-corrected chi connectivity index (χ1v) is 20.5. The molecule has 0 spiro atoms. The van der Waals surface area contributed by atoms with Crippen LogP contribution in [0.5, 0.6) is 0 Å². The lowest BCUT2D eigenvalue weighted by Crippen LogP contribution is -3.06. The first-order valence-electron chi connectivity index (χ1n) is 20.5. The molecule has 1 aliphatic heterocycles. The van der Waals surface area contributed by atoms with Gasteiger partial charge in [0.25, 0.3) is 0 Å². The summed E-state index contributed by atoms with van der Waals surface area (Å²) in [5.41, 5.74) is 8.11. The van der Waals surface area contributed by atoms with Gasteiger partial charge in [-0.15, -0.1) is 0 Å². The van der Waals surface area contributed by atoms with E-state index in [1.807, 2.05) is 0 Å². The summed E-state index contributed by atoms with van der Waals surface area (Å²) >= 11 is 0. The zero-order valence-electron chi connectivity index (χ0n) is 30.5. The van der Waals surface area contributed by atoms with E-state index < -0.39 is 0 Å². The molecule has 4 nitrogen and oxygen atoms in total. The standard InChI is InChI=1S/C49H49N3O/c1-2-11-32(12-3-1)47-50-48(37-21-18-30-10-4-5-13-33(30)26-37)52-49(51-47)38-28-34-14-6-7-15-39(34)42(29-38)36-22-24-40-35(27-36)20-19-31-23-25-44-46(45(31)40)41-16-8-9-17-43(41)53-44/h1-2,4,6,8-11,14,16-25,27,34,37-39,42,47-52H,3,5,7,12-13,15,26,28-29H2/p+1. The number of hydrogen-bond donors (Lipinski definition) is 3. The van der Waals surface area contributed by atoms with Crippen molar-refractivity contribution in [2.75, 3.05) is 0 Å². The summed E-state index contributed by atoms with van der Waals surface area (Å²) < 4.78 is 6.34. The molecule has 0 amide bonds. The predicted molar refractivity (Wildman–Crippen MR) is 218 cm³/mol. The summed E-state index contributed by atoms with van der Waals surface area (Å²) in [6.45, 7) is 0. The van der Waals surface area contributed by atoms with Crippen molar-refractivity contribution in [3.8, 4) is 0 Å². The average molecular weight is 697 g/mol. The lowest BCUT2D eigenvalue weighted by Gasteiger charge is -2.48. The summed E-state index contributed by atoms with van der Waals surface area (Å²) in [5.74, 6) is 2.93. The van der Waals surface area contributed by atoms with Crippen molar-refractivity contribution in [1.29, 1.82) is 0 Å². The van der Waals surface area contributed by atoms with Crippen LogP contribution in [0.3, 0.4) is 0 Å². The highest BCUT2D eigenvalue weighted by atomic mass is 16.3. The van der Waals surface area contributed by atoms with Crippen molar-refractivity contribution in [2.24, 2.45) is 23.7 Å². The Morgan fingerprint density at radius 2 is 1.64 bits per heavy atom. The fraction of sp³-hybridized carbons (Fsp3) is 0.347. The zero-order chi connectivity index (χ0) is 34.9. The van der Waals surface area contributed by atoms with E-state index in [9.17, 15) is 0 Å². The van der Waals surface area contributed by atoms with Crippen molar-refractivity contribution >= 4 is 43.5 Å². The molecule has 11 rings (SSSR count). The van der Waals surface area contributed by atoms with Gasteiger partial charge in [-0.3, -0.25) is 5.32 Å². The topological polar surface area (TPSA) is 53.8 Å². The summed E-state index contributed by atoms with van der Waals surface area (Å²) in [7, 11) is 0. The van der Waals surface area contributed by atoms with E-state index in [1.165, 1.54) is 82.0 Å². The van der Waals surface area contributed by atoms with Crippen LogP contribution in [0, 0.1) is 23.7 Å². The maximum atomic E-state index is 6.34. The van der Waals surface area contributed by atoms with Gasteiger partial charge in [0.15, 0.2) is 6.17 Å². The Hall–Kier alpha value is -4.48. The van der Waals surface area contributed by atoms with E-state index in [0.717, 1.165) is 30.4 Å². The number of rotatable bonds is 4. The molecular weight excluding hydrogens is 647 g/mol. The second-order valence-corrected chi connectivity index (χ2v) is 16.8. The largest absolute Gasteiger partial charge is 0.456 e. The fourth-order valence-corrected chi connectivity index (χ4v) is 11.3. The van der Waals surface area contributed by atoms with Crippen LogP contribution in [0.25, 0.3) is 43.5 Å². The molecular formula is C49H50N3O+. The Kier molecular flexibility index (Phi) is 7.92. The van der Waals surface area contributed by atoms with E-state index in [1.54, 1.807) is 11.1 Å². The number of hydrogen-bond acceptors (Lipinski definition) is 3. The summed E-state index contributed by atoms with van der Waals surface area (Å²) in [6.07, 6.45) is 33.5. The first-order chi connectivity index (χ1) is 26.2. The summed E-state index contributed by atoms with van der Waals surface area (Å²) in [6, 6.07) is 25.0. The first kappa shape index (κ1) is 32.0. The normalized spacial score (nSPS) is 31.4. The third kappa shape index (κ3) is 5.61. The Bertz CT molecular complexity index is 2440. The third-order valence-electron chi connectivity index (χ3n) is 13.9. The van der Waals surface area contributed by atoms with Crippen LogP contribution in [0.1, 0.15) is 69.3 Å². The van der Waals surface area contributed by atoms with Crippen LogP contribution in [0.15, 0.2) is 143 Å². The summed E-state index contributed by atoms with van der Waals surface area (Å²) in [5, 5.41) is 18.8. The molecule has 4 heteroatoms. The molecule has 8 unspecified atom stereocenters. The van der Waals surface area contributed by atoms with Crippen molar-refractivity contribution < 1.29 is 9.73 Å². The number of furan rings is 1. The number of fused-ring (bicyclic) bond motifs is 8. The van der Waals surface area contributed by atoms with Crippen molar-refractivity contribution in [3.05, 3.63) is 144 Å². The molecule has 53 heavy (non-hydrogen) atoms. The monoisotopic (exact) mass is 696 g/mol. The van der Waals surface area contributed by atoms with Gasteiger partial charge in [0, 0.05) is 33.6 Å². The SMILES string of the molecule is C1=CCCC(C2NC(C3C=CC4=C(CCC=C4)C3)NC(C3CC4C=CCCC4C(c4ccc5c(ccc6ccc7oc8ccccc8c7c65)c4)C3)[NH2+]2)=C1. The van der Waals surface area contributed by atoms with Crippen LogP contribution in [0.4, 0.5) is 0 Å². The molecule has 0 bridgehead atoms. The van der Waals surface area contributed by atoms with Crippen LogP contribution in [0.2, 0.25) is 0 Å². The van der Waals surface area contributed by atoms with Gasteiger partial charge in [-0.25, -0.2) is 5.32 Å². The highest BCUT2D eigenvalue weighted by Crippen LogP contribution is 2.50. The Labute approximate surface area is 312 Å². The van der Waals surface area contributed by atoms with Crippen LogP contribution in [-0.4, -0.2) is 18.5 Å². The molecule has 266 valence electrons. The lowest BCUT2D eigenvalue weighted by molar-refractivity contribution is -0.741. The van der Waals surface area contributed by atoms with E-state index in [-0.39, 0.29) is 6.17 Å². The molecule has 8 atom stereocenters. The molecule has 1 saturated heterocycles. The van der Waals surface area contributed by atoms with Crippen molar-refractivity contribution in [1.82, 2.24) is 10.6 Å². The molecule has 4 N–H and O–H groups in total. The lowest BCUT2D eigenvalue weighted by atomic mass is 9.62. The number of nitrogens with one attached hydrogen (secondary N) is 2. The number of allylic oxidation sites excluding steroid dienone is 10. The van der Waals surface area contributed by atoms with Crippen molar-refractivity contribution in [2.45, 2.75) is 82.2 Å². The quantitative estimate of drug-likeness (QED) is 0.130. The second-order valence-electron chi connectivity index (χ2n) is 16.8. The molecule has 4 aromatic carbocycles. The van der Waals surface area contributed by atoms with Gasteiger partial charge < -0.3 is 9.73 Å². The molecule has 1 aromatic heterocycles. The predicted octanol–water partition coefficient (Wildman–Crippen LogP) is 10.2. The van der Waals surface area contributed by atoms with Gasteiger partial charge in [-0.05, 0) is 115 Å².